The SMILES string of the molecule is CCCC(=O)NCCc1ccc(S(N)(=O)=O)s1. The van der Waals surface area contributed by atoms with Gasteiger partial charge in [0.1, 0.15) is 4.21 Å². The lowest BCUT2D eigenvalue weighted by molar-refractivity contribution is -0.121. The first-order valence-corrected chi connectivity index (χ1v) is 7.68. The largest absolute Gasteiger partial charge is 0.356 e. The molecular formula is C10H16N2O3S2. The number of carbonyl (C=O) groups excluding carboxylic acids is 1. The first-order chi connectivity index (χ1) is 7.93. The number of carbonyl (C=O) groups is 1. The zero-order valence-corrected chi connectivity index (χ0v) is 11.2. The third-order valence-corrected chi connectivity index (χ3v) is 4.67. The molecule has 0 fully saturated rings. The Labute approximate surface area is 105 Å². The van der Waals surface area contributed by atoms with Gasteiger partial charge in [-0.2, -0.15) is 0 Å². The van der Waals surface area contributed by atoms with Crippen LogP contribution in [0.15, 0.2) is 16.3 Å². The maximum atomic E-state index is 11.2. The molecule has 0 bridgehead atoms. The molecule has 96 valence electrons. The number of rotatable bonds is 6. The first-order valence-electron chi connectivity index (χ1n) is 5.31. The van der Waals surface area contributed by atoms with E-state index in [2.05, 4.69) is 5.32 Å². The van der Waals surface area contributed by atoms with Gasteiger partial charge in [0.15, 0.2) is 0 Å². The van der Waals surface area contributed by atoms with Gasteiger partial charge in [-0.1, -0.05) is 6.92 Å². The van der Waals surface area contributed by atoms with Crippen molar-refractivity contribution in [2.75, 3.05) is 6.54 Å². The lowest BCUT2D eigenvalue weighted by atomic mass is 10.3. The maximum Gasteiger partial charge on any atom is 0.247 e. The van der Waals surface area contributed by atoms with E-state index in [9.17, 15) is 13.2 Å². The van der Waals surface area contributed by atoms with Crippen LogP contribution in [0.3, 0.4) is 0 Å². The molecule has 17 heavy (non-hydrogen) atoms. The smallest absolute Gasteiger partial charge is 0.247 e. The summed E-state index contributed by atoms with van der Waals surface area (Å²) in [5, 5.41) is 7.77. The summed E-state index contributed by atoms with van der Waals surface area (Å²) in [4.78, 5) is 12.1. The van der Waals surface area contributed by atoms with Crippen molar-refractivity contribution in [2.45, 2.75) is 30.4 Å². The highest BCUT2D eigenvalue weighted by Gasteiger charge is 2.10. The number of nitrogens with one attached hydrogen (secondary N) is 1. The van der Waals surface area contributed by atoms with E-state index in [0.717, 1.165) is 22.6 Å². The van der Waals surface area contributed by atoms with Crippen molar-refractivity contribution in [3.63, 3.8) is 0 Å². The van der Waals surface area contributed by atoms with Crippen LogP contribution in [-0.2, 0) is 21.2 Å². The minimum absolute atomic E-state index is 0.0238. The minimum atomic E-state index is -3.60. The van der Waals surface area contributed by atoms with E-state index in [0.29, 0.717) is 19.4 Å². The first kappa shape index (κ1) is 14.1. The average molecular weight is 276 g/mol. The highest BCUT2D eigenvalue weighted by atomic mass is 32.2. The molecule has 5 nitrogen and oxygen atoms in total. The summed E-state index contributed by atoms with van der Waals surface area (Å²) >= 11 is 1.14. The van der Waals surface area contributed by atoms with Crippen molar-refractivity contribution in [3.8, 4) is 0 Å². The van der Waals surface area contributed by atoms with E-state index < -0.39 is 10.0 Å². The van der Waals surface area contributed by atoms with Gasteiger partial charge in [-0.05, 0) is 25.0 Å². The Balaban J connectivity index is 2.43. The molecule has 0 unspecified atom stereocenters. The molecule has 7 heteroatoms. The van der Waals surface area contributed by atoms with E-state index in [-0.39, 0.29) is 10.1 Å². The van der Waals surface area contributed by atoms with Crippen LogP contribution in [0.25, 0.3) is 0 Å². The lowest BCUT2D eigenvalue weighted by Crippen LogP contribution is -2.24. The van der Waals surface area contributed by atoms with E-state index in [1.54, 1.807) is 6.07 Å². The molecule has 0 saturated heterocycles. The van der Waals surface area contributed by atoms with Gasteiger partial charge in [0, 0.05) is 17.8 Å². The third-order valence-electron chi connectivity index (χ3n) is 2.09. The predicted octanol–water partition coefficient (Wildman–Crippen LogP) is 0.854. The summed E-state index contributed by atoms with van der Waals surface area (Å²) in [6, 6.07) is 3.21. The second-order valence-corrected chi connectivity index (χ2v) is 6.57. The van der Waals surface area contributed by atoms with Crippen LogP contribution >= 0.6 is 11.3 Å². The Morgan fingerprint density at radius 1 is 1.47 bits per heavy atom. The second-order valence-electron chi connectivity index (χ2n) is 3.62. The summed E-state index contributed by atoms with van der Waals surface area (Å²) in [6.07, 6.45) is 1.96. The summed E-state index contributed by atoms with van der Waals surface area (Å²) in [5.41, 5.74) is 0. The van der Waals surface area contributed by atoms with Crippen LogP contribution in [0, 0.1) is 0 Å². The fourth-order valence-corrected chi connectivity index (χ4v) is 3.06. The average Bonchev–Trinajstić information content (AvgIpc) is 2.66. The second kappa shape index (κ2) is 6.13. The van der Waals surface area contributed by atoms with Gasteiger partial charge in [-0.25, -0.2) is 13.6 Å². The number of primary sulfonamides is 1. The molecular weight excluding hydrogens is 260 g/mol. The molecule has 0 aromatic carbocycles. The standard InChI is InChI=1S/C10H16N2O3S2/c1-2-3-9(13)12-7-6-8-4-5-10(16-8)17(11,14)15/h4-5H,2-3,6-7H2,1H3,(H,12,13)(H2,11,14,15). The monoisotopic (exact) mass is 276 g/mol. The molecule has 0 aliphatic carbocycles. The normalized spacial score (nSPS) is 11.4. The van der Waals surface area contributed by atoms with E-state index in [1.807, 2.05) is 6.92 Å². The van der Waals surface area contributed by atoms with Crippen molar-refractivity contribution in [3.05, 3.63) is 17.0 Å². The summed E-state index contributed by atoms with van der Waals surface area (Å²) in [5.74, 6) is 0.0238. The molecule has 1 rings (SSSR count). The number of nitrogens with two attached hydrogens (primary N) is 1. The molecule has 3 N–H and O–H groups in total. The number of sulfonamides is 1. The van der Waals surface area contributed by atoms with Crippen molar-refractivity contribution in [2.24, 2.45) is 5.14 Å². The van der Waals surface area contributed by atoms with Gasteiger partial charge >= 0.3 is 0 Å². The fourth-order valence-electron chi connectivity index (χ4n) is 1.29. The van der Waals surface area contributed by atoms with Crippen LogP contribution in [0.5, 0.6) is 0 Å². The molecule has 1 aromatic heterocycles. The van der Waals surface area contributed by atoms with Crippen molar-refractivity contribution in [1.82, 2.24) is 5.32 Å². The minimum Gasteiger partial charge on any atom is -0.356 e. The molecule has 1 aromatic rings. The van der Waals surface area contributed by atoms with Crippen LogP contribution in [0.1, 0.15) is 24.6 Å². The topological polar surface area (TPSA) is 89.3 Å². The molecule has 1 amide bonds. The Morgan fingerprint density at radius 2 is 2.18 bits per heavy atom. The Hall–Kier alpha value is -0.920. The quantitative estimate of drug-likeness (QED) is 0.807. The van der Waals surface area contributed by atoms with Gasteiger partial charge in [0.2, 0.25) is 15.9 Å². The van der Waals surface area contributed by atoms with Gasteiger partial charge in [0.05, 0.1) is 0 Å². The lowest BCUT2D eigenvalue weighted by Gasteiger charge is -2.02. The molecule has 0 saturated carbocycles. The molecule has 0 aliphatic rings. The summed E-state index contributed by atoms with van der Waals surface area (Å²) < 4.78 is 22.2. The molecule has 0 atom stereocenters. The molecule has 0 radical (unpaired) electrons. The predicted molar refractivity (Wildman–Crippen MR) is 67.3 cm³/mol. The fraction of sp³-hybridized carbons (Fsp3) is 0.500. The maximum absolute atomic E-state index is 11.2. The Kier molecular flexibility index (Phi) is 5.10. The molecule has 0 spiro atoms. The number of thiophene rings is 1. The van der Waals surface area contributed by atoms with Gasteiger partial charge < -0.3 is 5.32 Å². The zero-order valence-electron chi connectivity index (χ0n) is 9.60. The third kappa shape index (κ3) is 4.84. The summed E-state index contributed by atoms with van der Waals surface area (Å²) in [6.45, 7) is 2.46. The van der Waals surface area contributed by atoms with E-state index >= 15 is 0 Å². The Morgan fingerprint density at radius 3 is 2.71 bits per heavy atom. The van der Waals surface area contributed by atoms with Crippen LogP contribution in [-0.4, -0.2) is 20.9 Å². The number of amides is 1. The van der Waals surface area contributed by atoms with Gasteiger partial charge in [0.25, 0.3) is 0 Å². The van der Waals surface area contributed by atoms with Gasteiger partial charge in [-0.3, -0.25) is 4.79 Å². The van der Waals surface area contributed by atoms with E-state index in [4.69, 9.17) is 5.14 Å². The highest BCUT2D eigenvalue weighted by Crippen LogP contribution is 2.20. The summed E-state index contributed by atoms with van der Waals surface area (Å²) in [7, 11) is -3.60. The number of hydrogen-bond acceptors (Lipinski definition) is 4. The zero-order chi connectivity index (χ0) is 12.9. The van der Waals surface area contributed by atoms with Gasteiger partial charge in [-0.15, -0.1) is 11.3 Å². The Bertz CT molecular complexity index is 479. The molecule has 1 heterocycles. The van der Waals surface area contributed by atoms with Crippen molar-refractivity contribution in [1.29, 1.82) is 0 Å². The van der Waals surface area contributed by atoms with Crippen LogP contribution in [0.2, 0.25) is 0 Å². The van der Waals surface area contributed by atoms with Crippen molar-refractivity contribution >= 4 is 27.3 Å². The van der Waals surface area contributed by atoms with Crippen LogP contribution < -0.4 is 10.5 Å². The van der Waals surface area contributed by atoms with E-state index in [1.165, 1.54) is 6.07 Å². The van der Waals surface area contributed by atoms with Crippen LogP contribution in [0.4, 0.5) is 0 Å². The van der Waals surface area contributed by atoms with Crippen molar-refractivity contribution < 1.29 is 13.2 Å². The molecule has 0 aliphatic heterocycles. The highest BCUT2D eigenvalue weighted by molar-refractivity contribution is 7.91. The number of hydrogen-bond donors (Lipinski definition) is 2.